The minimum atomic E-state index is -0.461. The fourth-order valence-corrected chi connectivity index (χ4v) is 2.62. The fourth-order valence-electron chi connectivity index (χ4n) is 2.62. The van der Waals surface area contributed by atoms with Crippen molar-refractivity contribution in [3.8, 4) is 5.75 Å². The maximum Gasteiger partial charge on any atom is 0.297 e. The Morgan fingerprint density at radius 3 is 2.84 bits per heavy atom. The molecule has 1 aromatic carbocycles. The molecule has 0 saturated heterocycles. The molecule has 1 N–H and O–H groups in total. The fraction of sp³-hybridized carbons (Fsp3) is 0.308. The lowest BCUT2D eigenvalue weighted by Gasteiger charge is -2.09. The highest BCUT2D eigenvalue weighted by Crippen LogP contribution is 2.36. The Hall–Kier alpha value is -2.37. The van der Waals surface area contributed by atoms with E-state index in [0.29, 0.717) is 28.6 Å². The lowest BCUT2D eigenvalue weighted by molar-refractivity contribution is -0.383. The molecule has 1 aromatic heterocycles. The van der Waals surface area contributed by atoms with Gasteiger partial charge in [-0.25, -0.2) is 0 Å². The van der Waals surface area contributed by atoms with Crippen LogP contribution in [0.15, 0.2) is 12.1 Å². The van der Waals surface area contributed by atoms with Gasteiger partial charge in [0.2, 0.25) is 0 Å². The number of aryl methyl sites for hydroxylation is 1. The summed E-state index contributed by atoms with van der Waals surface area (Å²) < 4.78 is 5.08. The predicted octanol–water partition coefficient (Wildman–Crippen LogP) is 2.60. The third-order valence-electron chi connectivity index (χ3n) is 3.48. The molecule has 0 unspecified atom stereocenters. The van der Waals surface area contributed by atoms with Crippen molar-refractivity contribution in [3.63, 3.8) is 0 Å². The van der Waals surface area contributed by atoms with Gasteiger partial charge in [0.05, 0.1) is 18.1 Å². The van der Waals surface area contributed by atoms with Gasteiger partial charge in [0.15, 0.2) is 5.78 Å². The van der Waals surface area contributed by atoms with Crippen LogP contribution >= 0.6 is 0 Å². The number of nitrogens with one attached hydrogen (secondary N) is 1. The monoisotopic (exact) mass is 260 g/mol. The van der Waals surface area contributed by atoms with Gasteiger partial charge in [0, 0.05) is 23.1 Å². The molecule has 1 aliphatic rings. The van der Waals surface area contributed by atoms with Crippen LogP contribution in [-0.4, -0.2) is 22.8 Å². The molecular formula is C13H12N2O4. The van der Waals surface area contributed by atoms with Crippen molar-refractivity contribution in [2.75, 3.05) is 7.11 Å². The Bertz CT molecular complexity index is 702. The molecule has 98 valence electrons. The molecule has 0 amide bonds. The van der Waals surface area contributed by atoms with Crippen LogP contribution in [0.3, 0.4) is 0 Å². The summed E-state index contributed by atoms with van der Waals surface area (Å²) in [5.74, 6) is 0.425. The number of non-ortho nitro benzene ring substituents is 1. The quantitative estimate of drug-likeness (QED) is 0.664. The van der Waals surface area contributed by atoms with Gasteiger partial charge in [-0.2, -0.15) is 0 Å². The number of fused-ring (bicyclic) bond motifs is 3. The number of methoxy groups -OCH3 is 1. The van der Waals surface area contributed by atoms with Crippen LogP contribution in [0.4, 0.5) is 5.69 Å². The van der Waals surface area contributed by atoms with Gasteiger partial charge >= 0.3 is 0 Å². The number of aromatic amines is 1. The second-order valence-corrected chi connectivity index (χ2v) is 4.58. The molecule has 0 saturated carbocycles. The maximum atomic E-state index is 12.0. The summed E-state index contributed by atoms with van der Waals surface area (Å²) in [6, 6.07) is 3.05. The van der Waals surface area contributed by atoms with E-state index >= 15 is 0 Å². The first-order chi connectivity index (χ1) is 9.11. The first-order valence-electron chi connectivity index (χ1n) is 6.02. The smallest absolute Gasteiger partial charge is 0.297 e. The van der Waals surface area contributed by atoms with Crippen molar-refractivity contribution in [3.05, 3.63) is 33.5 Å². The first kappa shape index (κ1) is 11.7. The number of aromatic nitrogens is 1. The molecule has 0 aliphatic heterocycles. The minimum Gasteiger partial charge on any atom is -0.496 e. The summed E-state index contributed by atoms with van der Waals surface area (Å²) in [7, 11) is 1.45. The lowest BCUT2D eigenvalue weighted by atomic mass is 9.94. The van der Waals surface area contributed by atoms with E-state index in [1.54, 1.807) is 6.07 Å². The van der Waals surface area contributed by atoms with Crippen LogP contribution in [-0.2, 0) is 6.42 Å². The summed E-state index contributed by atoms with van der Waals surface area (Å²) in [5.41, 5.74) is 1.73. The number of Topliss-reactive ketones (excluding diaryl/α,β-unsaturated/α-hetero) is 1. The number of carbonyl (C=O) groups is 1. The summed E-state index contributed by atoms with van der Waals surface area (Å²) in [4.78, 5) is 25.7. The highest BCUT2D eigenvalue weighted by atomic mass is 16.6. The number of benzene rings is 1. The molecule has 2 aromatic rings. The van der Waals surface area contributed by atoms with Crippen LogP contribution in [0.1, 0.15) is 28.9 Å². The number of nitro groups is 1. The Kier molecular flexibility index (Phi) is 2.51. The van der Waals surface area contributed by atoms with Crippen molar-refractivity contribution < 1.29 is 14.5 Å². The van der Waals surface area contributed by atoms with Crippen molar-refractivity contribution >= 4 is 22.4 Å². The van der Waals surface area contributed by atoms with Crippen LogP contribution in [0.5, 0.6) is 5.75 Å². The molecule has 0 atom stereocenters. The van der Waals surface area contributed by atoms with E-state index in [2.05, 4.69) is 4.98 Å². The van der Waals surface area contributed by atoms with E-state index in [-0.39, 0.29) is 11.5 Å². The highest BCUT2D eigenvalue weighted by Gasteiger charge is 2.27. The third kappa shape index (κ3) is 1.68. The topological polar surface area (TPSA) is 85.2 Å². The number of nitro benzene ring substituents is 1. The average molecular weight is 260 g/mol. The third-order valence-corrected chi connectivity index (χ3v) is 3.48. The van der Waals surface area contributed by atoms with Gasteiger partial charge in [-0.15, -0.1) is 0 Å². The van der Waals surface area contributed by atoms with Crippen LogP contribution in [0.2, 0.25) is 0 Å². The molecule has 3 rings (SSSR count). The molecule has 1 heterocycles. The minimum absolute atomic E-state index is 0.0371. The highest BCUT2D eigenvalue weighted by molar-refractivity contribution is 6.12. The number of ether oxygens (including phenoxy) is 1. The molecule has 1 aliphatic carbocycles. The number of hydrogen-bond donors (Lipinski definition) is 1. The number of hydrogen-bond acceptors (Lipinski definition) is 4. The Balaban J connectivity index is 2.39. The molecule has 6 nitrogen and oxygen atoms in total. The first-order valence-corrected chi connectivity index (χ1v) is 6.02. The molecule has 0 fully saturated rings. The Morgan fingerprint density at radius 1 is 1.37 bits per heavy atom. The molecule has 0 spiro atoms. The number of rotatable bonds is 2. The summed E-state index contributed by atoms with van der Waals surface area (Å²) in [6.07, 6.45) is 2.02. The molecular weight excluding hydrogens is 248 g/mol. The Morgan fingerprint density at radius 2 is 2.16 bits per heavy atom. The van der Waals surface area contributed by atoms with Gasteiger partial charge in [-0.3, -0.25) is 14.9 Å². The SMILES string of the molecule is COc1cc([N+](=O)[O-])c2[nH]c3c(c2c1)C(=O)CCC3. The summed E-state index contributed by atoms with van der Waals surface area (Å²) in [5, 5.41) is 11.7. The number of ketones is 1. The standard InChI is InChI=1S/C13H12N2O4/c1-19-7-5-8-12-9(3-2-4-11(12)16)14-13(8)10(6-7)15(17)18/h5-6,14H,2-4H2,1H3. The second kappa shape index (κ2) is 4.08. The van der Waals surface area contributed by atoms with Crippen molar-refractivity contribution in [1.82, 2.24) is 4.98 Å². The molecule has 19 heavy (non-hydrogen) atoms. The number of nitrogens with zero attached hydrogens (tertiary/aromatic N) is 1. The van der Waals surface area contributed by atoms with Crippen molar-refractivity contribution in [2.24, 2.45) is 0 Å². The van der Waals surface area contributed by atoms with Gasteiger partial charge < -0.3 is 9.72 Å². The normalized spacial score (nSPS) is 14.5. The zero-order valence-electron chi connectivity index (χ0n) is 10.4. The largest absolute Gasteiger partial charge is 0.496 e. The van der Waals surface area contributed by atoms with Gasteiger partial charge in [0.1, 0.15) is 11.3 Å². The van der Waals surface area contributed by atoms with E-state index in [0.717, 1.165) is 18.5 Å². The molecule has 6 heteroatoms. The van der Waals surface area contributed by atoms with Crippen LogP contribution in [0.25, 0.3) is 10.9 Å². The van der Waals surface area contributed by atoms with Gasteiger partial charge in [-0.1, -0.05) is 0 Å². The van der Waals surface area contributed by atoms with E-state index in [9.17, 15) is 14.9 Å². The number of carbonyl (C=O) groups excluding carboxylic acids is 1. The van der Waals surface area contributed by atoms with Crippen molar-refractivity contribution in [2.45, 2.75) is 19.3 Å². The van der Waals surface area contributed by atoms with Gasteiger partial charge in [0.25, 0.3) is 5.69 Å². The average Bonchev–Trinajstić information content (AvgIpc) is 2.76. The van der Waals surface area contributed by atoms with Crippen LogP contribution in [0, 0.1) is 10.1 Å². The lowest BCUT2D eigenvalue weighted by Crippen LogP contribution is -2.09. The zero-order chi connectivity index (χ0) is 13.6. The number of H-pyrrole nitrogens is 1. The molecule has 0 radical (unpaired) electrons. The van der Waals surface area contributed by atoms with Gasteiger partial charge in [-0.05, 0) is 18.9 Å². The summed E-state index contributed by atoms with van der Waals surface area (Å²) in [6.45, 7) is 0. The predicted molar refractivity (Wildman–Crippen MR) is 68.8 cm³/mol. The second-order valence-electron chi connectivity index (χ2n) is 4.58. The van der Waals surface area contributed by atoms with Crippen molar-refractivity contribution in [1.29, 1.82) is 0 Å². The van der Waals surface area contributed by atoms with E-state index in [4.69, 9.17) is 4.74 Å². The molecule has 0 bridgehead atoms. The van der Waals surface area contributed by atoms with E-state index in [1.165, 1.54) is 13.2 Å². The van der Waals surface area contributed by atoms with E-state index in [1.807, 2.05) is 0 Å². The van der Waals surface area contributed by atoms with Crippen LogP contribution < -0.4 is 4.74 Å². The Labute approximate surface area is 108 Å². The summed E-state index contributed by atoms with van der Waals surface area (Å²) >= 11 is 0. The van der Waals surface area contributed by atoms with E-state index < -0.39 is 4.92 Å². The maximum absolute atomic E-state index is 12.0. The zero-order valence-corrected chi connectivity index (χ0v) is 10.4.